The third kappa shape index (κ3) is 13.5. The molecule has 1 aliphatic heterocycles. The molecule has 1 saturated heterocycles. The highest BCUT2D eigenvalue weighted by molar-refractivity contribution is 7.51. The first kappa shape index (κ1) is 32.8. The molecule has 0 spiro atoms. The minimum absolute atomic E-state index is 0.180. The van der Waals surface area contributed by atoms with Crippen molar-refractivity contribution in [2.75, 3.05) is 78.3 Å². The Hall–Kier alpha value is -2.42. The lowest BCUT2D eigenvalue weighted by atomic mass is 10.1. The third-order valence-corrected chi connectivity index (χ3v) is 7.25. The molecule has 15 heteroatoms. The van der Waals surface area contributed by atoms with Crippen molar-refractivity contribution < 1.29 is 38.9 Å². The molecule has 39 heavy (non-hydrogen) atoms. The van der Waals surface area contributed by atoms with Gasteiger partial charge in [0.15, 0.2) is 0 Å². The Bertz CT molecular complexity index is 949. The molecule has 14 nitrogen and oxygen atoms in total. The van der Waals surface area contributed by atoms with Gasteiger partial charge >= 0.3 is 19.5 Å². The van der Waals surface area contributed by atoms with Crippen LogP contribution in [0.5, 0.6) is 0 Å². The van der Waals surface area contributed by atoms with E-state index < -0.39 is 31.9 Å². The standard InChI is InChI=1S/C24H41N6O8P/c1-19(20-5-3-2-4-6-20)26-24(35)21(25)15-27-7-9-28(16-22(31)32)11-13-30(18-39(36,37)38)14-12-29(10-8-27)17-23(33)34/h2-6,19,21H,7-18,25H2,1H3,(H,26,35)(H,31,32)(H,33,34)(H2,36,37,38)/t19-,21?/m0/s1. The number of nitrogens with one attached hydrogen (secondary N) is 1. The van der Waals surface area contributed by atoms with E-state index in [-0.39, 0.29) is 57.8 Å². The Morgan fingerprint density at radius 1 is 0.846 bits per heavy atom. The van der Waals surface area contributed by atoms with Gasteiger partial charge in [-0.1, -0.05) is 30.3 Å². The van der Waals surface area contributed by atoms with Crippen LogP contribution in [0.4, 0.5) is 0 Å². The Morgan fingerprint density at radius 2 is 1.28 bits per heavy atom. The number of carboxylic acids is 2. The Balaban J connectivity index is 2.12. The lowest BCUT2D eigenvalue weighted by Crippen LogP contribution is -2.52. The number of hydrogen-bond acceptors (Lipinski definition) is 9. The summed E-state index contributed by atoms with van der Waals surface area (Å²) in [5, 5.41) is 21.6. The van der Waals surface area contributed by atoms with Crippen molar-refractivity contribution in [1.29, 1.82) is 0 Å². The van der Waals surface area contributed by atoms with E-state index in [2.05, 4.69) is 5.32 Å². The lowest BCUT2D eigenvalue weighted by molar-refractivity contribution is -0.139. The van der Waals surface area contributed by atoms with Gasteiger partial charge in [-0.25, -0.2) is 0 Å². The molecule has 0 bridgehead atoms. The first-order chi connectivity index (χ1) is 18.3. The predicted molar refractivity (Wildman–Crippen MR) is 144 cm³/mol. The second-order valence-electron chi connectivity index (χ2n) is 9.81. The van der Waals surface area contributed by atoms with Crippen LogP contribution >= 0.6 is 7.60 Å². The summed E-state index contributed by atoms with van der Waals surface area (Å²) in [7, 11) is -4.38. The molecule has 1 amide bonds. The Kier molecular flexibility index (Phi) is 13.4. The van der Waals surface area contributed by atoms with Crippen LogP contribution in [-0.2, 0) is 18.9 Å². The van der Waals surface area contributed by atoms with Crippen LogP contribution in [0.3, 0.4) is 0 Å². The predicted octanol–water partition coefficient (Wildman–Crippen LogP) is -1.28. The SMILES string of the molecule is C[C@H](NC(=O)C(N)CN1CCN(CC(=O)O)CCN(CP(=O)(O)O)CCN(CC(=O)O)CC1)c1ccccc1. The third-order valence-electron chi connectivity index (χ3n) is 6.48. The van der Waals surface area contributed by atoms with Gasteiger partial charge in [-0.05, 0) is 12.5 Å². The van der Waals surface area contributed by atoms with Gasteiger partial charge in [0.05, 0.1) is 25.2 Å². The van der Waals surface area contributed by atoms with Crippen molar-refractivity contribution >= 4 is 25.4 Å². The normalized spacial score (nSPS) is 19.4. The van der Waals surface area contributed by atoms with Crippen LogP contribution in [0.1, 0.15) is 18.5 Å². The average molecular weight is 573 g/mol. The van der Waals surface area contributed by atoms with Gasteiger partial charge in [-0.2, -0.15) is 0 Å². The largest absolute Gasteiger partial charge is 0.480 e. The lowest BCUT2D eigenvalue weighted by Gasteiger charge is -2.34. The molecule has 1 unspecified atom stereocenters. The second-order valence-corrected chi connectivity index (χ2v) is 11.4. The number of carbonyl (C=O) groups excluding carboxylic acids is 1. The highest BCUT2D eigenvalue weighted by Crippen LogP contribution is 2.34. The van der Waals surface area contributed by atoms with Gasteiger partial charge in [0.2, 0.25) is 5.91 Å². The first-order valence-corrected chi connectivity index (χ1v) is 14.6. The number of amides is 1. The fourth-order valence-electron chi connectivity index (χ4n) is 4.37. The maximum absolute atomic E-state index is 12.8. The van der Waals surface area contributed by atoms with Gasteiger partial charge in [0.1, 0.15) is 6.29 Å². The van der Waals surface area contributed by atoms with Crippen molar-refractivity contribution in [2.45, 2.75) is 19.0 Å². The van der Waals surface area contributed by atoms with Crippen LogP contribution in [-0.4, -0.2) is 142 Å². The number of nitrogens with zero attached hydrogens (tertiary/aromatic N) is 4. The zero-order valence-corrected chi connectivity index (χ0v) is 23.2. The Labute approximate surface area is 228 Å². The number of carbonyl (C=O) groups is 3. The van der Waals surface area contributed by atoms with Crippen molar-refractivity contribution in [3.05, 3.63) is 35.9 Å². The zero-order valence-electron chi connectivity index (χ0n) is 22.3. The Morgan fingerprint density at radius 3 is 1.72 bits per heavy atom. The summed E-state index contributed by atoms with van der Waals surface area (Å²) in [6.07, 6.45) is -0.508. The van der Waals surface area contributed by atoms with E-state index in [1.165, 1.54) is 4.90 Å². The van der Waals surface area contributed by atoms with Gasteiger partial charge in [0.25, 0.3) is 0 Å². The summed E-state index contributed by atoms with van der Waals surface area (Å²) in [6, 6.07) is 8.34. The van der Waals surface area contributed by atoms with Crippen LogP contribution in [0, 0.1) is 0 Å². The van der Waals surface area contributed by atoms with Crippen molar-refractivity contribution in [3.8, 4) is 0 Å². The first-order valence-electron chi connectivity index (χ1n) is 12.8. The number of carboxylic acid groups (broad SMARTS) is 2. The number of hydrogen-bond donors (Lipinski definition) is 6. The van der Waals surface area contributed by atoms with Gasteiger partial charge in [0, 0.05) is 58.9 Å². The van der Waals surface area contributed by atoms with E-state index in [9.17, 15) is 38.9 Å². The summed E-state index contributed by atoms with van der Waals surface area (Å²) >= 11 is 0. The van der Waals surface area contributed by atoms with Crippen LogP contribution in [0.25, 0.3) is 0 Å². The van der Waals surface area contributed by atoms with Gasteiger partial charge in [-0.15, -0.1) is 0 Å². The number of aliphatic carboxylic acids is 2. The maximum atomic E-state index is 12.8. The highest BCUT2D eigenvalue weighted by Gasteiger charge is 2.25. The van der Waals surface area contributed by atoms with E-state index in [0.717, 1.165) is 5.56 Å². The van der Waals surface area contributed by atoms with Crippen molar-refractivity contribution in [2.24, 2.45) is 5.73 Å². The molecule has 0 radical (unpaired) electrons. The number of benzene rings is 1. The topological polar surface area (TPSA) is 200 Å². The molecule has 0 aromatic heterocycles. The molecule has 1 aromatic rings. The van der Waals surface area contributed by atoms with E-state index in [4.69, 9.17) is 5.73 Å². The molecular formula is C24H41N6O8P. The van der Waals surface area contributed by atoms with Crippen molar-refractivity contribution in [3.63, 3.8) is 0 Å². The highest BCUT2D eigenvalue weighted by atomic mass is 31.2. The zero-order chi connectivity index (χ0) is 29.0. The minimum Gasteiger partial charge on any atom is -0.480 e. The number of nitrogens with two attached hydrogens (primary N) is 1. The van der Waals surface area contributed by atoms with E-state index >= 15 is 0 Å². The average Bonchev–Trinajstić information content (AvgIpc) is 2.84. The molecule has 0 aliphatic carbocycles. The molecule has 1 aliphatic rings. The van der Waals surface area contributed by atoms with E-state index in [1.54, 1.807) is 9.80 Å². The van der Waals surface area contributed by atoms with Gasteiger partial charge < -0.3 is 31.1 Å². The molecule has 2 rings (SSSR count). The molecule has 1 fully saturated rings. The summed E-state index contributed by atoms with van der Waals surface area (Å²) in [5.74, 6) is -2.40. The summed E-state index contributed by atoms with van der Waals surface area (Å²) in [6.45, 7) is 3.72. The molecular weight excluding hydrogens is 531 g/mol. The quantitative estimate of drug-likeness (QED) is 0.171. The molecule has 1 heterocycles. The van der Waals surface area contributed by atoms with Crippen LogP contribution < -0.4 is 11.1 Å². The van der Waals surface area contributed by atoms with E-state index in [1.807, 2.05) is 42.2 Å². The molecule has 1 aromatic carbocycles. The molecule has 2 atom stereocenters. The minimum atomic E-state index is -4.38. The smallest absolute Gasteiger partial charge is 0.339 e. The van der Waals surface area contributed by atoms with Crippen molar-refractivity contribution in [1.82, 2.24) is 24.9 Å². The fraction of sp³-hybridized carbons (Fsp3) is 0.625. The monoisotopic (exact) mass is 572 g/mol. The van der Waals surface area contributed by atoms with Gasteiger partial charge in [-0.3, -0.25) is 38.5 Å². The number of rotatable bonds is 11. The fourth-order valence-corrected chi connectivity index (χ4v) is 5.17. The van der Waals surface area contributed by atoms with Crippen LogP contribution in [0.2, 0.25) is 0 Å². The summed E-state index contributed by atoms with van der Waals surface area (Å²) in [5.41, 5.74) is 7.18. The second kappa shape index (κ2) is 16.0. The van der Waals surface area contributed by atoms with E-state index in [0.29, 0.717) is 26.2 Å². The summed E-state index contributed by atoms with van der Waals surface area (Å²) in [4.78, 5) is 61.4. The molecule has 0 saturated carbocycles. The van der Waals surface area contributed by atoms with Crippen LogP contribution in [0.15, 0.2) is 30.3 Å². The summed E-state index contributed by atoms with van der Waals surface area (Å²) < 4.78 is 11.6. The maximum Gasteiger partial charge on any atom is 0.339 e. The molecule has 220 valence electrons. The molecule has 7 N–H and O–H groups in total.